The maximum Gasteiger partial charge on any atom is 0.324 e. The van der Waals surface area contributed by atoms with Crippen molar-refractivity contribution in [2.24, 2.45) is 23.5 Å². The number of aliphatic hydroxyl groups is 1. The predicted octanol–water partition coefficient (Wildman–Crippen LogP) is 0.339. The molecule has 0 spiro atoms. The number of hydrogen-bond donors (Lipinski definition) is 3. The van der Waals surface area contributed by atoms with Crippen molar-refractivity contribution in [2.45, 2.75) is 43.2 Å². The molecule has 4 saturated carbocycles. The number of nitrogens with two attached hydrogens (primary N) is 1. The van der Waals surface area contributed by atoms with Crippen molar-refractivity contribution in [1.29, 1.82) is 0 Å². The molecule has 4 rings (SSSR count). The molecule has 0 aromatic rings. The zero-order valence-corrected chi connectivity index (χ0v) is 8.65. The summed E-state index contributed by atoms with van der Waals surface area (Å²) in [5, 5.41) is 19.5. The first kappa shape index (κ1) is 9.60. The molecule has 0 saturated heterocycles. The minimum Gasteiger partial charge on any atom is -0.480 e. The molecular formula is C11H17NO3. The van der Waals surface area contributed by atoms with E-state index in [0.717, 1.165) is 19.3 Å². The standard InChI is InChI=1S/C11H17NO3/c12-11(9(13)14)7-1-6-2-8(11)5-10(15,3-6)4-7/h6-8,15H,1-5,12H2,(H,13,14)/t6?,7-,8+,10?,11?. The Balaban J connectivity index is 2.01. The summed E-state index contributed by atoms with van der Waals surface area (Å²) in [7, 11) is 0. The van der Waals surface area contributed by atoms with Gasteiger partial charge in [0.2, 0.25) is 0 Å². The second-order valence-electron chi connectivity index (χ2n) is 5.81. The van der Waals surface area contributed by atoms with Crippen LogP contribution in [0, 0.1) is 17.8 Å². The molecule has 0 aromatic carbocycles. The van der Waals surface area contributed by atoms with Crippen LogP contribution in [0.2, 0.25) is 0 Å². The van der Waals surface area contributed by atoms with Crippen LogP contribution >= 0.6 is 0 Å². The van der Waals surface area contributed by atoms with E-state index < -0.39 is 17.1 Å². The molecule has 0 aliphatic heterocycles. The van der Waals surface area contributed by atoms with Crippen LogP contribution in [0.25, 0.3) is 0 Å². The molecule has 5 atom stereocenters. The second-order valence-corrected chi connectivity index (χ2v) is 5.81. The Morgan fingerprint density at radius 1 is 1.20 bits per heavy atom. The van der Waals surface area contributed by atoms with Crippen molar-refractivity contribution >= 4 is 5.97 Å². The van der Waals surface area contributed by atoms with Crippen LogP contribution in [0.4, 0.5) is 0 Å². The average molecular weight is 211 g/mol. The predicted molar refractivity (Wildman–Crippen MR) is 53.1 cm³/mol. The largest absolute Gasteiger partial charge is 0.480 e. The van der Waals surface area contributed by atoms with Crippen molar-refractivity contribution in [3.05, 3.63) is 0 Å². The first-order valence-corrected chi connectivity index (χ1v) is 5.69. The van der Waals surface area contributed by atoms with Gasteiger partial charge in [0.1, 0.15) is 5.54 Å². The SMILES string of the molecule is NC1(C(=O)O)[C@@H]2CC3C[C@H]1CC(O)(C3)C2. The van der Waals surface area contributed by atoms with Gasteiger partial charge in [0.25, 0.3) is 0 Å². The lowest BCUT2D eigenvalue weighted by molar-refractivity contribution is -0.183. The quantitative estimate of drug-likeness (QED) is 0.584. The molecule has 4 bridgehead atoms. The van der Waals surface area contributed by atoms with Crippen LogP contribution in [0.1, 0.15) is 32.1 Å². The van der Waals surface area contributed by atoms with E-state index in [1.807, 2.05) is 0 Å². The third-order valence-electron chi connectivity index (χ3n) is 4.88. The monoisotopic (exact) mass is 211 g/mol. The maximum atomic E-state index is 11.3. The van der Waals surface area contributed by atoms with Crippen LogP contribution in [-0.2, 0) is 4.79 Å². The van der Waals surface area contributed by atoms with Gasteiger partial charge in [-0.2, -0.15) is 0 Å². The van der Waals surface area contributed by atoms with Crippen LogP contribution in [-0.4, -0.2) is 27.3 Å². The van der Waals surface area contributed by atoms with Crippen LogP contribution < -0.4 is 5.73 Å². The van der Waals surface area contributed by atoms with Gasteiger partial charge in [-0.15, -0.1) is 0 Å². The first-order valence-electron chi connectivity index (χ1n) is 5.69. The van der Waals surface area contributed by atoms with Crippen molar-refractivity contribution < 1.29 is 15.0 Å². The summed E-state index contributed by atoms with van der Waals surface area (Å²) in [6.07, 6.45) is 3.81. The molecule has 84 valence electrons. The first-order chi connectivity index (χ1) is 6.94. The number of carbonyl (C=O) groups is 1. The minimum absolute atomic E-state index is 0.0220. The highest BCUT2D eigenvalue weighted by Crippen LogP contribution is 2.59. The van der Waals surface area contributed by atoms with Crippen LogP contribution in [0.15, 0.2) is 0 Å². The summed E-state index contributed by atoms with van der Waals surface area (Å²) in [4.78, 5) is 11.3. The van der Waals surface area contributed by atoms with E-state index in [9.17, 15) is 15.0 Å². The molecule has 0 heterocycles. The molecule has 3 unspecified atom stereocenters. The molecule has 4 nitrogen and oxygen atoms in total. The Morgan fingerprint density at radius 3 is 2.13 bits per heavy atom. The smallest absolute Gasteiger partial charge is 0.324 e. The molecule has 4 fully saturated rings. The third-order valence-corrected chi connectivity index (χ3v) is 4.88. The number of carboxylic acids is 1. The maximum absolute atomic E-state index is 11.3. The van der Waals surface area contributed by atoms with E-state index in [2.05, 4.69) is 0 Å². The fourth-order valence-electron chi connectivity index (χ4n) is 4.35. The Bertz CT molecular complexity index is 312. The van der Waals surface area contributed by atoms with Crippen molar-refractivity contribution in [3.8, 4) is 0 Å². The van der Waals surface area contributed by atoms with E-state index in [-0.39, 0.29) is 11.8 Å². The second kappa shape index (κ2) is 2.55. The Hall–Kier alpha value is -0.610. The number of rotatable bonds is 1. The number of hydrogen-bond acceptors (Lipinski definition) is 3. The van der Waals surface area contributed by atoms with Gasteiger partial charge in [-0.05, 0) is 49.9 Å². The van der Waals surface area contributed by atoms with Crippen molar-refractivity contribution in [2.75, 3.05) is 0 Å². The third kappa shape index (κ3) is 1.06. The Kier molecular flexibility index (Phi) is 1.63. The summed E-state index contributed by atoms with van der Waals surface area (Å²) < 4.78 is 0. The summed E-state index contributed by atoms with van der Waals surface area (Å²) >= 11 is 0. The van der Waals surface area contributed by atoms with Gasteiger partial charge in [0, 0.05) is 0 Å². The number of carboxylic acid groups (broad SMARTS) is 1. The summed E-state index contributed by atoms with van der Waals surface area (Å²) in [5.74, 6) is -0.416. The molecular weight excluding hydrogens is 194 g/mol. The van der Waals surface area contributed by atoms with Gasteiger partial charge in [0.15, 0.2) is 0 Å². The molecule has 15 heavy (non-hydrogen) atoms. The fraction of sp³-hybridized carbons (Fsp3) is 0.909. The van der Waals surface area contributed by atoms with Crippen LogP contribution in [0.3, 0.4) is 0 Å². The highest BCUT2D eigenvalue weighted by molar-refractivity contribution is 5.80. The van der Waals surface area contributed by atoms with E-state index in [4.69, 9.17) is 5.73 Å². The fourth-order valence-corrected chi connectivity index (χ4v) is 4.35. The highest BCUT2D eigenvalue weighted by Gasteiger charge is 2.63. The molecule has 0 aromatic heterocycles. The van der Waals surface area contributed by atoms with Gasteiger partial charge < -0.3 is 15.9 Å². The van der Waals surface area contributed by atoms with Gasteiger partial charge in [-0.25, -0.2) is 0 Å². The normalized spacial score (nSPS) is 57.1. The lowest BCUT2D eigenvalue weighted by atomic mass is 9.47. The minimum atomic E-state index is -1.07. The van der Waals surface area contributed by atoms with Gasteiger partial charge in [-0.1, -0.05) is 0 Å². The lowest BCUT2D eigenvalue weighted by Crippen LogP contribution is -2.70. The average Bonchev–Trinajstić information content (AvgIpc) is 2.10. The molecule has 4 heteroatoms. The van der Waals surface area contributed by atoms with Gasteiger partial charge in [0.05, 0.1) is 5.60 Å². The van der Waals surface area contributed by atoms with Crippen molar-refractivity contribution in [3.63, 3.8) is 0 Å². The zero-order valence-electron chi connectivity index (χ0n) is 8.65. The molecule has 4 aliphatic rings. The topological polar surface area (TPSA) is 83.6 Å². The van der Waals surface area contributed by atoms with E-state index in [0.29, 0.717) is 18.8 Å². The van der Waals surface area contributed by atoms with E-state index in [1.54, 1.807) is 0 Å². The highest BCUT2D eigenvalue weighted by atomic mass is 16.4. The van der Waals surface area contributed by atoms with Crippen LogP contribution in [0.5, 0.6) is 0 Å². The Morgan fingerprint density at radius 2 is 1.73 bits per heavy atom. The molecule has 0 amide bonds. The summed E-state index contributed by atoms with van der Waals surface area (Å²) in [5.41, 5.74) is 4.41. The van der Waals surface area contributed by atoms with Crippen molar-refractivity contribution in [1.82, 2.24) is 0 Å². The van der Waals surface area contributed by atoms with Gasteiger partial charge in [-0.3, -0.25) is 4.79 Å². The molecule has 4 N–H and O–H groups in total. The van der Waals surface area contributed by atoms with E-state index >= 15 is 0 Å². The zero-order chi connectivity index (χ0) is 10.8. The number of aliphatic carboxylic acids is 1. The summed E-state index contributed by atoms with van der Waals surface area (Å²) in [6, 6.07) is 0. The Labute approximate surface area is 88.5 Å². The van der Waals surface area contributed by atoms with E-state index in [1.165, 1.54) is 0 Å². The molecule has 0 radical (unpaired) electrons. The lowest BCUT2D eigenvalue weighted by Gasteiger charge is -2.60. The molecule has 4 aliphatic carbocycles. The summed E-state index contributed by atoms with van der Waals surface area (Å²) in [6.45, 7) is 0. The van der Waals surface area contributed by atoms with Gasteiger partial charge >= 0.3 is 5.97 Å².